The largest absolute Gasteiger partial charge is 0.375 e. The van der Waals surface area contributed by atoms with Crippen molar-refractivity contribution in [2.24, 2.45) is 0 Å². The summed E-state index contributed by atoms with van der Waals surface area (Å²) in [6.07, 6.45) is 0. The van der Waals surface area contributed by atoms with E-state index < -0.39 is 11.6 Å². The maximum atomic E-state index is 13.4. The summed E-state index contributed by atoms with van der Waals surface area (Å²) in [5, 5.41) is 2.91. The number of nitrogens with one attached hydrogen (secondary N) is 1. The standard InChI is InChI=1S/C10H14F2N2/c1-13-6-7-4-5-8(11)9(12)10(7)14(2)3/h4-5,13H,6H2,1-3H3. The maximum Gasteiger partial charge on any atom is 0.182 e. The van der Waals surface area contributed by atoms with Crippen LogP contribution in [0.15, 0.2) is 12.1 Å². The van der Waals surface area contributed by atoms with Crippen molar-refractivity contribution < 1.29 is 8.78 Å². The molecule has 0 aliphatic rings. The average molecular weight is 200 g/mol. The highest BCUT2D eigenvalue weighted by molar-refractivity contribution is 5.54. The second-order valence-electron chi connectivity index (χ2n) is 3.29. The molecule has 0 aliphatic heterocycles. The van der Waals surface area contributed by atoms with E-state index in [1.54, 1.807) is 32.1 Å². The van der Waals surface area contributed by atoms with Crippen LogP contribution in [0.2, 0.25) is 0 Å². The molecule has 0 fully saturated rings. The normalized spacial score (nSPS) is 10.4. The first kappa shape index (κ1) is 10.9. The fourth-order valence-corrected chi connectivity index (χ4v) is 1.40. The molecule has 1 aromatic rings. The topological polar surface area (TPSA) is 15.3 Å². The highest BCUT2D eigenvalue weighted by atomic mass is 19.2. The van der Waals surface area contributed by atoms with Gasteiger partial charge in [-0.1, -0.05) is 6.07 Å². The Morgan fingerprint density at radius 3 is 2.43 bits per heavy atom. The van der Waals surface area contributed by atoms with Gasteiger partial charge in [0.05, 0.1) is 5.69 Å². The maximum absolute atomic E-state index is 13.4. The Balaban J connectivity index is 3.23. The lowest BCUT2D eigenvalue weighted by atomic mass is 10.1. The summed E-state index contributed by atoms with van der Waals surface area (Å²) in [6, 6.07) is 2.74. The van der Waals surface area contributed by atoms with Crippen molar-refractivity contribution in [3.63, 3.8) is 0 Å². The molecule has 0 radical (unpaired) electrons. The predicted octanol–water partition coefficient (Wildman–Crippen LogP) is 1.75. The molecule has 14 heavy (non-hydrogen) atoms. The number of anilines is 1. The lowest BCUT2D eigenvalue weighted by Gasteiger charge is -2.18. The summed E-state index contributed by atoms with van der Waals surface area (Å²) in [4.78, 5) is 1.57. The summed E-state index contributed by atoms with van der Waals surface area (Å²) in [5.41, 5.74) is 1.05. The minimum absolute atomic E-state index is 0.305. The zero-order chi connectivity index (χ0) is 10.7. The van der Waals surface area contributed by atoms with Gasteiger partial charge in [0, 0.05) is 20.6 Å². The Bertz CT molecular complexity index is 324. The Morgan fingerprint density at radius 1 is 1.29 bits per heavy atom. The molecule has 1 N–H and O–H groups in total. The van der Waals surface area contributed by atoms with E-state index in [-0.39, 0.29) is 0 Å². The lowest BCUT2D eigenvalue weighted by molar-refractivity contribution is 0.506. The van der Waals surface area contributed by atoms with Gasteiger partial charge < -0.3 is 10.2 Å². The smallest absolute Gasteiger partial charge is 0.182 e. The predicted molar refractivity (Wildman–Crippen MR) is 53.4 cm³/mol. The van der Waals surface area contributed by atoms with E-state index in [0.29, 0.717) is 12.2 Å². The van der Waals surface area contributed by atoms with Crippen LogP contribution < -0.4 is 10.2 Å². The van der Waals surface area contributed by atoms with Crippen molar-refractivity contribution in [1.29, 1.82) is 0 Å². The Labute approximate surface area is 82.5 Å². The molecule has 0 saturated heterocycles. The highest BCUT2D eigenvalue weighted by Gasteiger charge is 2.14. The number of hydrogen-bond donors (Lipinski definition) is 1. The average Bonchev–Trinajstić information content (AvgIpc) is 2.11. The van der Waals surface area contributed by atoms with E-state index in [1.807, 2.05) is 0 Å². The zero-order valence-corrected chi connectivity index (χ0v) is 8.56. The second kappa shape index (κ2) is 4.37. The van der Waals surface area contributed by atoms with Crippen molar-refractivity contribution in [3.8, 4) is 0 Å². The number of halogens is 2. The zero-order valence-electron chi connectivity index (χ0n) is 8.56. The molecule has 0 amide bonds. The molecule has 0 spiro atoms. The molecular formula is C10H14F2N2. The molecule has 0 unspecified atom stereocenters. The van der Waals surface area contributed by atoms with Gasteiger partial charge in [-0.05, 0) is 18.7 Å². The third-order valence-corrected chi connectivity index (χ3v) is 1.97. The SMILES string of the molecule is CNCc1ccc(F)c(F)c1N(C)C. The molecule has 1 aromatic carbocycles. The summed E-state index contributed by atoms with van der Waals surface area (Å²) in [5.74, 6) is -1.60. The van der Waals surface area contributed by atoms with Gasteiger partial charge in [0.1, 0.15) is 0 Å². The van der Waals surface area contributed by atoms with Gasteiger partial charge >= 0.3 is 0 Å². The minimum atomic E-state index is -0.812. The molecular weight excluding hydrogens is 186 g/mol. The van der Waals surface area contributed by atoms with Gasteiger partial charge in [-0.25, -0.2) is 8.78 Å². The Hall–Kier alpha value is -1.16. The molecule has 0 saturated carbocycles. The second-order valence-corrected chi connectivity index (χ2v) is 3.29. The minimum Gasteiger partial charge on any atom is -0.375 e. The van der Waals surface area contributed by atoms with Crippen LogP contribution in [0.4, 0.5) is 14.5 Å². The van der Waals surface area contributed by atoms with Crippen LogP contribution in [0.5, 0.6) is 0 Å². The third kappa shape index (κ3) is 2.01. The monoisotopic (exact) mass is 200 g/mol. The molecule has 0 bridgehead atoms. The van der Waals surface area contributed by atoms with E-state index in [9.17, 15) is 8.78 Å². The molecule has 1 rings (SSSR count). The van der Waals surface area contributed by atoms with E-state index in [2.05, 4.69) is 5.32 Å². The lowest BCUT2D eigenvalue weighted by Crippen LogP contribution is -2.17. The number of benzene rings is 1. The van der Waals surface area contributed by atoms with Crippen molar-refractivity contribution >= 4 is 5.69 Å². The molecule has 4 heteroatoms. The van der Waals surface area contributed by atoms with Crippen LogP contribution in [-0.2, 0) is 6.54 Å². The number of hydrogen-bond acceptors (Lipinski definition) is 2. The first-order chi connectivity index (χ1) is 6.57. The Morgan fingerprint density at radius 2 is 1.93 bits per heavy atom. The van der Waals surface area contributed by atoms with E-state index in [4.69, 9.17) is 0 Å². The molecule has 2 nitrogen and oxygen atoms in total. The van der Waals surface area contributed by atoms with Gasteiger partial charge in [0.2, 0.25) is 0 Å². The fraction of sp³-hybridized carbons (Fsp3) is 0.400. The summed E-state index contributed by atoms with van der Waals surface area (Å²) in [6.45, 7) is 0.519. The summed E-state index contributed by atoms with van der Waals surface area (Å²) < 4.78 is 26.3. The van der Waals surface area contributed by atoms with Crippen LogP contribution in [0.1, 0.15) is 5.56 Å². The van der Waals surface area contributed by atoms with Crippen molar-refractivity contribution in [1.82, 2.24) is 5.32 Å². The van der Waals surface area contributed by atoms with Crippen LogP contribution in [0.3, 0.4) is 0 Å². The van der Waals surface area contributed by atoms with Gasteiger partial charge in [-0.15, -0.1) is 0 Å². The Kier molecular flexibility index (Phi) is 3.41. The van der Waals surface area contributed by atoms with Crippen molar-refractivity contribution in [3.05, 3.63) is 29.3 Å². The fourth-order valence-electron chi connectivity index (χ4n) is 1.40. The quantitative estimate of drug-likeness (QED) is 0.799. The molecule has 0 atom stereocenters. The molecule has 0 heterocycles. The van der Waals surface area contributed by atoms with Crippen LogP contribution >= 0.6 is 0 Å². The number of rotatable bonds is 3. The molecule has 78 valence electrons. The van der Waals surface area contributed by atoms with E-state index in [1.165, 1.54) is 0 Å². The summed E-state index contributed by atoms with van der Waals surface area (Å²) in [7, 11) is 5.15. The van der Waals surface area contributed by atoms with E-state index in [0.717, 1.165) is 11.6 Å². The first-order valence-electron chi connectivity index (χ1n) is 4.36. The van der Waals surface area contributed by atoms with E-state index >= 15 is 0 Å². The number of nitrogens with zero attached hydrogens (tertiary/aromatic N) is 1. The van der Waals surface area contributed by atoms with Crippen molar-refractivity contribution in [2.75, 3.05) is 26.0 Å². The first-order valence-corrected chi connectivity index (χ1v) is 4.36. The van der Waals surface area contributed by atoms with Gasteiger partial charge in [0.15, 0.2) is 11.6 Å². The van der Waals surface area contributed by atoms with Gasteiger partial charge in [-0.2, -0.15) is 0 Å². The summed E-state index contributed by atoms with van der Waals surface area (Å²) >= 11 is 0. The van der Waals surface area contributed by atoms with Crippen LogP contribution in [-0.4, -0.2) is 21.1 Å². The van der Waals surface area contributed by atoms with Gasteiger partial charge in [-0.3, -0.25) is 0 Å². The molecule has 0 aliphatic carbocycles. The highest BCUT2D eigenvalue weighted by Crippen LogP contribution is 2.24. The third-order valence-electron chi connectivity index (χ3n) is 1.97. The van der Waals surface area contributed by atoms with Crippen molar-refractivity contribution in [2.45, 2.75) is 6.54 Å². The van der Waals surface area contributed by atoms with Crippen LogP contribution in [0, 0.1) is 11.6 Å². The van der Waals surface area contributed by atoms with Crippen LogP contribution in [0.25, 0.3) is 0 Å². The molecule has 0 aromatic heterocycles. The van der Waals surface area contributed by atoms with Gasteiger partial charge in [0.25, 0.3) is 0 Å².